The molecule has 1 aliphatic rings. The molecule has 2 aromatic heterocycles. The molecule has 1 N–H and O–H groups in total. The third-order valence-corrected chi connectivity index (χ3v) is 6.33. The second-order valence-corrected chi connectivity index (χ2v) is 8.33. The SMILES string of the molecule is CCN1C(=S)N[C@H](c2ccccn2)[C@H]1c1cc(C)n(-c2cc(Cl)ccc2C)c1C. The number of nitrogens with zero attached hydrogens (tertiary/aromatic N) is 3. The van der Waals surface area contributed by atoms with Crippen LogP contribution in [0.25, 0.3) is 5.69 Å². The molecule has 0 saturated carbocycles. The van der Waals surface area contributed by atoms with E-state index >= 15 is 0 Å². The molecule has 4 nitrogen and oxygen atoms in total. The number of rotatable bonds is 4. The van der Waals surface area contributed by atoms with Crippen molar-refractivity contribution in [3.63, 3.8) is 0 Å². The predicted molar refractivity (Wildman–Crippen MR) is 123 cm³/mol. The van der Waals surface area contributed by atoms with E-state index in [1.807, 2.05) is 30.5 Å². The van der Waals surface area contributed by atoms with Crippen molar-refractivity contribution in [2.75, 3.05) is 6.54 Å². The summed E-state index contributed by atoms with van der Waals surface area (Å²) < 4.78 is 2.29. The summed E-state index contributed by atoms with van der Waals surface area (Å²) in [6, 6.07) is 14.4. The lowest BCUT2D eigenvalue weighted by molar-refractivity contribution is 0.329. The van der Waals surface area contributed by atoms with Gasteiger partial charge in [-0.25, -0.2) is 0 Å². The van der Waals surface area contributed by atoms with Gasteiger partial charge in [-0.1, -0.05) is 23.7 Å². The van der Waals surface area contributed by atoms with Crippen LogP contribution in [0.5, 0.6) is 0 Å². The Morgan fingerprint density at radius 1 is 1.14 bits per heavy atom. The minimum atomic E-state index is 0.0121. The maximum absolute atomic E-state index is 6.32. The molecule has 1 aliphatic heterocycles. The Hall–Kier alpha value is -2.37. The zero-order valence-corrected chi connectivity index (χ0v) is 18.7. The fraction of sp³-hybridized carbons (Fsp3) is 0.304. The Balaban J connectivity index is 1.86. The molecule has 4 rings (SSSR count). The van der Waals surface area contributed by atoms with E-state index in [1.165, 1.54) is 22.5 Å². The van der Waals surface area contributed by atoms with Gasteiger partial charge in [0, 0.05) is 34.8 Å². The molecule has 2 atom stereocenters. The van der Waals surface area contributed by atoms with Crippen LogP contribution in [0.2, 0.25) is 5.02 Å². The van der Waals surface area contributed by atoms with Gasteiger partial charge in [-0.2, -0.15) is 0 Å². The normalized spacial score (nSPS) is 18.9. The molecule has 0 bridgehead atoms. The van der Waals surface area contributed by atoms with E-state index in [2.05, 4.69) is 65.7 Å². The fourth-order valence-corrected chi connectivity index (χ4v) is 4.90. The molecule has 1 fully saturated rings. The molecule has 0 radical (unpaired) electrons. The first kappa shape index (κ1) is 19.9. The minimum absolute atomic E-state index is 0.0121. The summed E-state index contributed by atoms with van der Waals surface area (Å²) in [6.45, 7) is 9.41. The third kappa shape index (κ3) is 3.43. The summed E-state index contributed by atoms with van der Waals surface area (Å²) in [5, 5.41) is 5.02. The first-order valence-electron chi connectivity index (χ1n) is 9.85. The molecule has 3 heterocycles. The van der Waals surface area contributed by atoms with Gasteiger partial charge < -0.3 is 14.8 Å². The van der Waals surface area contributed by atoms with Crippen LogP contribution >= 0.6 is 23.8 Å². The molecule has 6 heteroatoms. The van der Waals surface area contributed by atoms with Crippen LogP contribution in [-0.2, 0) is 0 Å². The van der Waals surface area contributed by atoms with Gasteiger partial charge in [0.2, 0.25) is 0 Å². The summed E-state index contributed by atoms with van der Waals surface area (Å²) in [7, 11) is 0. The summed E-state index contributed by atoms with van der Waals surface area (Å²) in [4.78, 5) is 6.86. The van der Waals surface area contributed by atoms with Crippen LogP contribution in [0.3, 0.4) is 0 Å². The number of nitrogens with one attached hydrogen (secondary N) is 1. The fourth-order valence-electron chi connectivity index (χ4n) is 4.37. The first-order chi connectivity index (χ1) is 13.9. The van der Waals surface area contributed by atoms with Gasteiger partial charge in [-0.05, 0) is 81.4 Å². The molecule has 1 saturated heterocycles. The van der Waals surface area contributed by atoms with Crippen molar-refractivity contribution in [2.45, 2.75) is 39.8 Å². The number of aryl methyl sites for hydroxylation is 2. The lowest BCUT2D eigenvalue weighted by atomic mass is 9.97. The van der Waals surface area contributed by atoms with Crippen molar-refractivity contribution in [3.05, 3.63) is 81.9 Å². The van der Waals surface area contributed by atoms with Crippen molar-refractivity contribution >= 4 is 28.9 Å². The van der Waals surface area contributed by atoms with Gasteiger partial charge >= 0.3 is 0 Å². The summed E-state index contributed by atoms with van der Waals surface area (Å²) in [5.74, 6) is 0. The summed E-state index contributed by atoms with van der Waals surface area (Å²) in [6.07, 6.45) is 1.84. The van der Waals surface area contributed by atoms with Gasteiger partial charge in [-0.15, -0.1) is 0 Å². The van der Waals surface area contributed by atoms with E-state index in [9.17, 15) is 0 Å². The zero-order chi connectivity index (χ0) is 20.7. The van der Waals surface area contributed by atoms with Gasteiger partial charge in [0.05, 0.1) is 17.8 Å². The first-order valence-corrected chi connectivity index (χ1v) is 10.6. The molecule has 0 aliphatic carbocycles. The second kappa shape index (κ2) is 7.81. The second-order valence-electron chi connectivity index (χ2n) is 7.51. The Bertz CT molecular complexity index is 1060. The van der Waals surface area contributed by atoms with E-state index in [0.29, 0.717) is 0 Å². The van der Waals surface area contributed by atoms with E-state index < -0.39 is 0 Å². The number of halogens is 1. The zero-order valence-electron chi connectivity index (χ0n) is 17.1. The lowest BCUT2D eigenvalue weighted by Gasteiger charge is -2.27. The quantitative estimate of drug-likeness (QED) is 0.565. The molecule has 3 aromatic rings. The minimum Gasteiger partial charge on any atom is -0.352 e. The monoisotopic (exact) mass is 424 g/mol. The molecule has 0 amide bonds. The third-order valence-electron chi connectivity index (χ3n) is 5.74. The highest BCUT2D eigenvalue weighted by Crippen LogP contribution is 2.41. The topological polar surface area (TPSA) is 33.1 Å². The number of likely N-dealkylation sites (N-methyl/N-ethyl adjacent to an activating group) is 1. The predicted octanol–water partition coefficient (Wildman–Crippen LogP) is 5.44. The number of benzene rings is 1. The maximum atomic E-state index is 6.32. The summed E-state index contributed by atoms with van der Waals surface area (Å²) >= 11 is 12.0. The molecular formula is C23H25ClN4S. The average molecular weight is 425 g/mol. The smallest absolute Gasteiger partial charge is 0.170 e. The van der Waals surface area contributed by atoms with Gasteiger partial charge in [0.1, 0.15) is 0 Å². The number of hydrogen-bond acceptors (Lipinski definition) is 2. The van der Waals surface area contributed by atoms with Gasteiger partial charge in [0.25, 0.3) is 0 Å². The number of hydrogen-bond donors (Lipinski definition) is 1. The molecule has 1 aromatic carbocycles. The van der Waals surface area contributed by atoms with Crippen LogP contribution in [-0.4, -0.2) is 26.1 Å². The Labute approximate surface area is 182 Å². The molecule has 150 valence electrons. The van der Waals surface area contributed by atoms with E-state index in [-0.39, 0.29) is 12.1 Å². The van der Waals surface area contributed by atoms with Crippen molar-refractivity contribution in [3.8, 4) is 5.69 Å². The Morgan fingerprint density at radius 3 is 2.62 bits per heavy atom. The molecule has 29 heavy (non-hydrogen) atoms. The van der Waals surface area contributed by atoms with Gasteiger partial charge in [0.15, 0.2) is 5.11 Å². The van der Waals surface area contributed by atoms with Crippen LogP contribution in [0.15, 0.2) is 48.7 Å². The maximum Gasteiger partial charge on any atom is 0.170 e. The van der Waals surface area contributed by atoms with Crippen LogP contribution in [0.1, 0.15) is 47.2 Å². The van der Waals surface area contributed by atoms with E-state index in [0.717, 1.165) is 28.1 Å². The molecule has 0 spiro atoms. The lowest BCUT2D eigenvalue weighted by Crippen LogP contribution is -2.29. The van der Waals surface area contributed by atoms with Gasteiger partial charge in [-0.3, -0.25) is 4.98 Å². The molecular weight excluding hydrogens is 400 g/mol. The number of pyridine rings is 1. The Kier molecular flexibility index (Phi) is 5.36. The average Bonchev–Trinajstić information content (AvgIpc) is 3.19. The van der Waals surface area contributed by atoms with Crippen LogP contribution < -0.4 is 5.32 Å². The highest BCUT2D eigenvalue weighted by atomic mass is 35.5. The standard InChI is InChI=1S/C23H25ClN4S/c1-5-27-22(21(26-23(27)29)19-8-6-7-11-25-19)18-12-15(3)28(16(18)4)20-13-17(24)10-9-14(20)2/h6-13,21-22H,5H2,1-4H3,(H,26,29)/t21-,22-/m1/s1. The van der Waals surface area contributed by atoms with Crippen molar-refractivity contribution in [1.29, 1.82) is 0 Å². The van der Waals surface area contributed by atoms with E-state index in [1.54, 1.807) is 0 Å². The van der Waals surface area contributed by atoms with Crippen LogP contribution in [0, 0.1) is 20.8 Å². The van der Waals surface area contributed by atoms with E-state index in [4.69, 9.17) is 23.8 Å². The highest BCUT2D eigenvalue weighted by molar-refractivity contribution is 7.80. The largest absolute Gasteiger partial charge is 0.352 e. The van der Waals surface area contributed by atoms with Crippen molar-refractivity contribution in [2.24, 2.45) is 0 Å². The molecule has 0 unspecified atom stereocenters. The highest BCUT2D eigenvalue weighted by Gasteiger charge is 2.40. The number of thiocarbonyl (C=S) groups is 1. The van der Waals surface area contributed by atoms with Crippen LogP contribution in [0.4, 0.5) is 0 Å². The number of aromatic nitrogens is 2. The van der Waals surface area contributed by atoms with Crippen molar-refractivity contribution < 1.29 is 0 Å². The summed E-state index contributed by atoms with van der Waals surface area (Å²) in [5.41, 5.74) is 6.94. The Morgan fingerprint density at radius 2 is 1.93 bits per heavy atom. The van der Waals surface area contributed by atoms with Crippen molar-refractivity contribution in [1.82, 2.24) is 19.8 Å².